The van der Waals surface area contributed by atoms with Crippen molar-refractivity contribution in [2.45, 2.75) is 31.8 Å². The summed E-state index contributed by atoms with van der Waals surface area (Å²) in [4.78, 5) is 4.35. The summed E-state index contributed by atoms with van der Waals surface area (Å²) in [6.07, 6.45) is 2.39. The van der Waals surface area contributed by atoms with E-state index < -0.39 is 5.60 Å². The van der Waals surface area contributed by atoms with Gasteiger partial charge in [-0.05, 0) is 19.8 Å². The number of rotatable bonds is 2. The van der Waals surface area contributed by atoms with Gasteiger partial charge in [0, 0.05) is 18.4 Å². The Balaban J connectivity index is 2.01. The van der Waals surface area contributed by atoms with Gasteiger partial charge >= 0.3 is 0 Å². The Kier molecular flexibility index (Phi) is 2.85. The van der Waals surface area contributed by atoms with Crippen molar-refractivity contribution >= 4 is 11.3 Å². The van der Waals surface area contributed by atoms with Crippen molar-refractivity contribution in [3.63, 3.8) is 0 Å². The minimum atomic E-state index is -0.682. The van der Waals surface area contributed by atoms with Gasteiger partial charge in [0.05, 0.1) is 22.9 Å². The molecule has 0 spiro atoms. The molecule has 14 heavy (non-hydrogen) atoms. The molecule has 0 amide bonds. The largest absolute Gasteiger partial charge is 0.387 e. The minimum absolute atomic E-state index is 0.448. The maximum absolute atomic E-state index is 10.2. The van der Waals surface area contributed by atoms with Gasteiger partial charge in [0.15, 0.2) is 0 Å². The number of aliphatic hydroxyl groups is 1. The molecular weight excluding hydrogens is 198 g/mol. The summed E-state index contributed by atoms with van der Waals surface area (Å²) in [5, 5.41) is 13.2. The predicted molar refractivity (Wildman–Crippen MR) is 55.6 cm³/mol. The van der Waals surface area contributed by atoms with Crippen LogP contribution >= 0.6 is 11.3 Å². The molecule has 0 aliphatic carbocycles. The van der Waals surface area contributed by atoms with Gasteiger partial charge in [-0.25, -0.2) is 4.98 Å². The van der Waals surface area contributed by atoms with E-state index in [1.54, 1.807) is 11.3 Å². The first kappa shape index (κ1) is 10.1. The third kappa shape index (κ3) is 2.32. The zero-order valence-electron chi connectivity index (χ0n) is 8.32. The zero-order chi connectivity index (χ0) is 10.0. The topological polar surface area (TPSA) is 42.4 Å². The quantitative estimate of drug-likeness (QED) is 0.810. The minimum Gasteiger partial charge on any atom is -0.387 e. The van der Waals surface area contributed by atoms with E-state index in [0.29, 0.717) is 13.0 Å². The van der Waals surface area contributed by atoms with Gasteiger partial charge in [-0.2, -0.15) is 0 Å². The fourth-order valence-corrected chi connectivity index (χ4v) is 2.42. The number of hydrogen-bond acceptors (Lipinski definition) is 4. The Morgan fingerprint density at radius 1 is 1.71 bits per heavy atom. The summed E-state index contributed by atoms with van der Waals surface area (Å²) >= 11 is 1.63. The first-order valence-corrected chi connectivity index (χ1v) is 5.77. The maximum atomic E-state index is 10.2. The average Bonchev–Trinajstić information content (AvgIpc) is 2.51. The first-order valence-electron chi connectivity index (χ1n) is 4.89. The summed E-state index contributed by atoms with van der Waals surface area (Å²) in [7, 11) is 0. The lowest BCUT2D eigenvalue weighted by Gasteiger charge is -2.31. The molecule has 1 atom stereocenters. The molecule has 0 saturated carbocycles. The standard InChI is InChI=1S/C10H15NO2S/c1-8-11-9(6-14-8)5-10(12)3-2-4-13-7-10/h6,12H,2-5,7H2,1H3. The molecule has 4 heteroatoms. The molecule has 0 bridgehead atoms. The zero-order valence-corrected chi connectivity index (χ0v) is 9.14. The van der Waals surface area contributed by atoms with Crippen molar-refractivity contribution in [2.24, 2.45) is 0 Å². The van der Waals surface area contributed by atoms with Crippen molar-refractivity contribution in [1.82, 2.24) is 4.98 Å². The lowest BCUT2D eigenvalue weighted by atomic mass is 9.92. The summed E-state index contributed by atoms with van der Waals surface area (Å²) in [6.45, 7) is 3.21. The van der Waals surface area contributed by atoms with Crippen LogP contribution in [0, 0.1) is 6.92 Å². The van der Waals surface area contributed by atoms with Crippen molar-refractivity contribution in [1.29, 1.82) is 0 Å². The molecule has 1 aromatic rings. The van der Waals surface area contributed by atoms with Crippen LogP contribution < -0.4 is 0 Å². The molecule has 0 radical (unpaired) electrons. The van der Waals surface area contributed by atoms with E-state index in [2.05, 4.69) is 4.98 Å². The Morgan fingerprint density at radius 2 is 2.57 bits per heavy atom. The molecular formula is C10H15NO2S. The SMILES string of the molecule is Cc1nc(CC2(O)CCCOC2)cs1. The molecule has 78 valence electrons. The third-order valence-corrected chi connectivity index (χ3v) is 3.30. The highest BCUT2D eigenvalue weighted by Gasteiger charge is 2.30. The van der Waals surface area contributed by atoms with Crippen LogP contribution in [-0.2, 0) is 11.2 Å². The summed E-state index contributed by atoms with van der Waals surface area (Å²) in [5.41, 5.74) is 0.305. The van der Waals surface area contributed by atoms with E-state index in [4.69, 9.17) is 4.74 Å². The number of thiazole rings is 1. The number of hydrogen-bond donors (Lipinski definition) is 1. The van der Waals surface area contributed by atoms with E-state index in [1.807, 2.05) is 12.3 Å². The maximum Gasteiger partial charge on any atom is 0.0936 e. The molecule has 1 aromatic heterocycles. The predicted octanol–water partition coefficient (Wildman–Crippen LogP) is 1.54. The second kappa shape index (κ2) is 3.96. The second-order valence-corrected chi connectivity index (χ2v) is 4.98. The van der Waals surface area contributed by atoms with Crippen LogP contribution in [0.1, 0.15) is 23.5 Å². The first-order chi connectivity index (χ1) is 6.68. The molecule has 1 aliphatic rings. The molecule has 2 rings (SSSR count). The fraction of sp³-hybridized carbons (Fsp3) is 0.700. The lowest BCUT2D eigenvalue weighted by molar-refractivity contribution is -0.0849. The number of nitrogens with zero attached hydrogens (tertiary/aromatic N) is 1. The Morgan fingerprint density at radius 3 is 3.14 bits per heavy atom. The van der Waals surface area contributed by atoms with Crippen LogP contribution in [0.5, 0.6) is 0 Å². The van der Waals surface area contributed by atoms with Gasteiger partial charge in [0.1, 0.15) is 0 Å². The van der Waals surface area contributed by atoms with E-state index in [-0.39, 0.29) is 0 Å². The van der Waals surface area contributed by atoms with Crippen LogP contribution in [-0.4, -0.2) is 28.9 Å². The summed E-state index contributed by atoms with van der Waals surface area (Å²) in [6, 6.07) is 0. The van der Waals surface area contributed by atoms with Gasteiger partial charge in [0.25, 0.3) is 0 Å². The van der Waals surface area contributed by atoms with Crippen LogP contribution in [0.15, 0.2) is 5.38 Å². The van der Waals surface area contributed by atoms with Crippen LogP contribution in [0.4, 0.5) is 0 Å². The Hall–Kier alpha value is -0.450. The number of aromatic nitrogens is 1. The molecule has 1 unspecified atom stereocenters. The molecule has 1 aliphatic heterocycles. The molecule has 1 N–H and O–H groups in total. The third-order valence-electron chi connectivity index (χ3n) is 2.48. The van der Waals surface area contributed by atoms with Gasteiger partial charge in [-0.15, -0.1) is 11.3 Å². The Labute approximate surface area is 87.7 Å². The van der Waals surface area contributed by atoms with Crippen molar-refractivity contribution in [2.75, 3.05) is 13.2 Å². The summed E-state index contributed by atoms with van der Waals surface area (Å²) < 4.78 is 5.29. The van der Waals surface area contributed by atoms with E-state index in [0.717, 1.165) is 30.2 Å². The van der Waals surface area contributed by atoms with Crippen LogP contribution in [0.2, 0.25) is 0 Å². The van der Waals surface area contributed by atoms with Gasteiger partial charge < -0.3 is 9.84 Å². The highest BCUT2D eigenvalue weighted by Crippen LogP contribution is 2.24. The Bertz CT molecular complexity index is 305. The van der Waals surface area contributed by atoms with E-state index in [9.17, 15) is 5.11 Å². The van der Waals surface area contributed by atoms with Gasteiger partial charge in [-0.3, -0.25) is 0 Å². The normalized spacial score (nSPS) is 27.9. The van der Waals surface area contributed by atoms with E-state index in [1.165, 1.54) is 0 Å². The highest BCUT2D eigenvalue weighted by atomic mass is 32.1. The monoisotopic (exact) mass is 213 g/mol. The molecule has 2 heterocycles. The van der Waals surface area contributed by atoms with Crippen LogP contribution in [0.25, 0.3) is 0 Å². The van der Waals surface area contributed by atoms with Crippen LogP contribution in [0.3, 0.4) is 0 Å². The molecule has 0 aromatic carbocycles. The highest BCUT2D eigenvalue weighted by molar-refractivity contribution is 7.09. The number of aryl methyl sites for hydroxylation is 1. The smallest absolute Gasteiger partial charge is 0.0936 e. The average molecular weight is 213 g/mol. The van der Waals surface area contributed by atoms with Crippen molar-refractivity contribution in [3.05, 3.63) is 16.1 Å². The van der Waals surface area contributed by atoms with Crippen molar-refractivity contribution < 1.29 is 9.84 Å². The van der Waals surface area contributed by atoms with Crippen molar-refractivity contribution in [3.8, 4) is 0 Å². The molecule has 3 nitrogen and oxygen atoms in total. The fourth-order valence-electron chi connectivity index (χ4n) is 1.80. The number of ether oxygens (including phenoxy) is 1. The molecule has 1 saturated heterocycles. The van der Waals surface area contributed by atoms with Gasteiger partial charge in [-0.1, -0.05) is 0 Å². The van der Waals surface area contributed by atoms with Gasteiger partial charge in [0.2, 0.25) is 0 Å². The molecule has 1 fully saturated rings. The summed E-state index contributed by atoms with van der Waals surface area (Å²) in [5.74, 6) is 0. The second-order valence-electron chi connectivity index (χ2n) is 3.92. The van der Waals surface area contributed by atoms with E-state index >= 15 is 0 Å². The lowest BCUT2D eigenvalue weighted by Crippen LogP contribution is -2.40.